The smallest absolute Gasteiger partial charge is 0.259 e. The Kier molecular flexibility index (Phi) is 6.25. The van der Waals surface area contributed by atoms with Gasteiger partial charge in [0.2, 0.25) is 5.91 Å². The van der Waals surface area contributed by atoms with Crippen LogP contribution < -0.4 is 5.56 Å². The second kappa shape index (κ2) is 8.49. The Balaban J connectivity index is 1.59. The number of nitrogens with zero attached hydrogens (tertiary/aromatic N) is 2. The predicted octanol–water partition coefficient (Wildman–Crippen LogP) is 4.11. The minimum absolute atomic E-state index is 0.0659. The molecule has 28 heavy (non-hydrogen) atoms. The highest BCUT2D eigenvalue weighted by molar-refractivity contribution is 7.99. The maximum absolute atomic E-state index is 12.5. The van der Waals surface area contributed by atoms with Gasteiger partial charge in [0.25, 0.3) is 5.56 Å². The largest absolute Gasteiger partial charge is 0.341 e. The van der Waals surface area contributed by atoms with E-state index in [1.54, 1.807) is 4.90 Å². The van der Waals surface area contributed by atoms with Gasteiger partial charge in [-0.1, -0.05) is 23.8 Å². The molecule has 0 saturated carbocycles. The molecule has 2 aromatic heterocycles. The van der Waals surface area contributed by atoms with Crippen LogP contribution >= 0.6 is 23.1 Å². The van der Waals surface area contributed by atoms with Crippen LogP contribution in [0.2, 0.25) is 0 Å². The van der Waals surface area contributed by atoms with Gasteiger partial charge in [-0.3, -0.25) is 9.59 Å². The molecule has 2 heterocycles. The lowest BCUT2D eigenvalue weighted by molar-refractivity contribution is -0.127. The predicted molar refractivity (Wildman–Crippen MR) is 118 cm³/mol. The van der Waals surface area contributed by atoms with Crippen molar-refractivity contribution in [2.45, 2.75) is 40.0 Å². The first-order chi connectivity index (χ1) is 13.3. The third kappa shape index (κ3) is 4.47. The lowest BCUT2D eigenvalue weighted by Gasteiger charge is -2.18. The van der Waals surface area contributed by atoms with Gasteiger partial charge in [-0.25, -0.2) is 4.98 Å². The van der Waals surface area contributed by atoms with Crippen molar-refractivity contribution in [1.82, 2.24) is 14.9 Å². The molecule has 7 heteroatoms. The number of aryl methyl sites for hydroxylation is 4. The number of carbonyl (C=O) groups excluding carboxylic acids is 1. The van der Waals surface area contributed by atoms with Gasteiger partial charge in [-0.15, -0.1) is 23.1 Å². The van der Waals surface area contributed by atoms with E-state index in [9.17, 15) is 9.59 Å². The van der Waals surface area contributed by atoms with E-state index in [4.69, 9.17) is 0 Å². The number of carbonyl (C=O) groups is 1. The van der Waals surface area contributed by atoms with Crippen LogP contribution in [-0.2, 0) is 17.1 Å². The SMILES string of the molecule is Cc1ccc(CN(C)C(=O)CSCc2nc3sc(C)c(C)c3c(=O)[nH]2)c(C)c1. The topological polar surface area (TPSA) is 66.1 Å². The molecule has 0 radical (unpaired) electrons. The van der Waals surface area contributed by atoms with Gasteiger partial charge in [-0.05, 0) is 44.4 Å². The molecular weight excluding hydrogens is 390 g/mol. The van der Waals surface area contributed by atoms with Crippen LogP contribution in [-0.4, -0.2) is 33.6 Å². The Morgan fingerprint density at radius 3 is 2.71 bits per heavy atom. The Bertz CT molecular complexity index is 1090. The van der Waals surface area contributed by atoms with E-state index in [0.29, 0.717) is 29.3 Å². The van der Waals surface area contributed by atoms with E-state index < -0.39 is 0 Å². The summed E-state index contributed by atoms with van der Waals surface area (Å²) in [6.07, 6.45) is 0. The third-order valence-corrected chi connectivity index (χ3v) is 6.91. The Labute approximate surface area is 173 Å². The molecule has 0 unspecified atom stereocenters. The summed E-state index contributed by atoms with van der Waals surface area (Å²) >= 11 is 3.01. The number of thiophene rings is 1. The zero-order valence-corrected chi connectivity index (χ0v) is 18.5. The molecular formula is C21H25N3O2S2. The molecule has 0 aliphatic carbocycles. The summed E-state index contributed by atoms with van der Waals surface area (Å²) < 4.78 is 0. The second-order valence-corrected chi connectivity index (χ2v) is 9.34. The van der Waals surface area contributed by atoms with E-state index >= 15 is 0 Å². The van der Waals surface area contributed by atoms with Crippen molar-refractivity contribution in [3.63, 3.8) is 0 Å². The van der Waals surface area contributed by atoms with Gasteiger partial charge >= 0.3 is 0 Å². The zero-order chi connectivity index (χ0) is 20.4. The van der Waals surface area contributed by atoms with E-state index in [-0.39, 0.29) is 11.5 Å². The Morgan fingerprint density at radius 1 is 1.25 bits per heavy atom. The maximum Gasteiger partial charge on any atom is 0.259 e. The minimum Gasteiger partial charge on any atom is -0.341 e. The van der Waals surface area contributed by atoms with Gasteiger partial charge in [0, 0.05) is 18.5 Å². The standard InChI is InChI=1S/C21H25N3O2S2/c1-12-6-7-16(13(2)8-12)9-24(5)18(25)11-27-10-17-22-20(26)19-14(3)15(4)28-21(19)23-17/h6-8H,9-11H2,1-5H3,(H,22,23,26). The van der Waals surface area contributed by atoms with Crippen LogP contribution in [0.4, 0.5) is 0 Å². The van der Waals surface area contributed by atoms with Crippen molar-refractivity contribution >= 4 is 39.2 Å². The number of H-pyrrole nitrogens is 1. The van der Waals surface area contributed by atoms with Gasteiger partial charge in [0.15, 0.2) is 0 Å². The lowest BCUT2D eigenvalue weighted by atomic mass is 10.1. The van der Waals surface area contributed by atoms with Gasteiger partial charge < -0.3 is 9.88 Å². The molecule has 0 spiro atoms. The van der Waals surface area contributed by atoms with Gasteiger partial charge in [-0.2, -0.15) is 0 Å². The number of hydrogen-bond acceptors (Lipinski definition) is 5. The number of thioether (sulfide) groups is 1. The Hall–Kier alpha value is -2.12. The molecule has 0 aliphatic heterocycles. The van der Waals surface area contributed by atoms with E-state index in [2.05, 4.69) is 42.0 Å². The number of amides is 1. The Morgan fingerprint density at radius 2 is 2.00 bits per heavy atom. The van der Waals surface area contributed by atoms with Crippen molar-refractivity contribution in [2.75, 3.05) is 12.8 Å². The first kappa shape index (κ1) is 20.6. The van der Waals surface area contributed by atoms with Crippen LogP contribution in [0.3, 0.4) is 0 Å². The van der Waals surface area contributed by atoms with Crippen molar-refractivity contribution in [3.8, 4) is 0 Å². The maximum atomic E-state index is 12.5. The monoisotopic (exact) mass is 415 g/mol. The number of nitrogens with one attached hydrogen (secondary N) is 1. The normalized spacial score (nSPS) is 11.2. The first-order valence-electron chi connectivity index (χ1n) is 9.13. The molecule has 0 bridgehead atoms. The van der Waals surface area contributed by atoms with Crippen molar-refractivity contribution < 1.29 is 4.79 Å². The van der Waals surface area contributed by atoms with Crippen LogP contribution in [0, 0.1) is 27.7 Å². The van der Waals surface area contributed by atoms with Crippen molar-refractivity contribution in [2.24, 2.45) is 0 Å². The third-order valence-electron chi connectivity index (χ3n) is 4.88. The summed E-state index contributed by atoms with van der Waals surface area (Å²) in [6, 6.07) is 6.28. The highest BCUT2D eigenvalue weighted by Gasteiger charge is 2.14. The van der Waals surface area contributed by atoms with Crippen LogP contribution in [0.25, 0.3) is 10.2 Å². The molecule has 1 amide bonds. The summed E-state index contributed by atoms with van der Waals surface area (Å²) in [5.74, 6) is 1.54. The molecule has 3 aromatic rings. The average Bonchev–Trinajstić information content (AvgIpc) is 2.91. The number of fused-ring (bicyclic) bond motifs is 1. The molecule has 0 saturated heterocycles. The molecule has 0 aliphatic rings. The lowest BCUT2D eigenvalue weighted by Crippen LogP contribution is -2.28. The fourth-order valence-electron chi connectivity index (χ4n) is 3.08. The summed E-state index contributed by atoms with van der Waals surface area (Å²) in [4.78, 5) is 35.8. The zero-order valence-electron chi connectivity index (χ0n) is 16.9. The van der Waals surface area contributed by atoms with Crippen molar-refractivity contribution in [3.05, 3.63) is 61.5 Å². The fraction of sp³-hybridized carbons (Fsp3) is 0.381. The molecule has 148 valence electrons. The highest BCUT2D eigenvalue weighted by atomic mass is 32.2. The van der Waals surface area contributed by atoms with Gasteiger partial charge in [0.05, 0.1) is 16.9 Å². The average molecular weight is 416 g/mol. The number of aromatic nitrogens is 2. The summed E-state index contributed by atoms with van der Waals surface area (Å²) in [5.41, 5.74) is 4.48. The number of aromatic amines is 1. The summed E-state index contributed by atoms with van der Waals surface area (Å²) in [7, 11) is 1.82. The van der Waals surface area contributed by atoms with E-state index in [0.717, 1.165) is 20.8 Å². The quantitative estimate of drug-likeness (QED) is 0.658. The molecule has 0 atom stereocenters. The van der Waals surface area contributed by atoms with Gasteiger partial charge in [0.1, 0.15) is 10.7 Å². The molecule has 1 aromatic carbocycles. The first-order valence-corrected chi connectivity index (χ1v) is 11.1. The van der Waals surface area contributed by atoms with Crippen LogP contribution in [0.15, 0.2) is 23.0 Å². The second-order valence-electron chi connectivity index (χ2n) is 7.15. The number of hydrogen-bond donors (Lipinski definition) is 1. The fourth-order valence-corrected chi connectivity index (χ4v) is 4.96. The van der Waals surface area contributed by atoms with Crippen molar-refractivity contribution in [1.29, 1.82) is 0 Å². The molecule has 0 fully saturated rings. The van der Waals surface area contributed by atoms with Crippen LogP contribution in [0.1, 0.15) is 33.0 Å². The number of benzene rings is 1. The summed E-state index contributed by atoms with van der Waals surface area (Å²) in [6.45, 7) is 8.68. The van der Waals surface area contributed by atoms with E-state index in [1.165, 1.54) is 34.2 Å². The summed E-state index contributed by atoms with van der Waals surface area (Å²) in [5, 5.41) is 0.681. The molecule has 1 N–H and O–H groups in total. The van der Waals surface area contributed by atoms with Crippen LogP contribution in [0.5, 0.6) is 0 Å². The molecule has 5 nitrogen and oxygen atoms in total. The minimum atomic E-state index is -0.0965. The van der Waals surface area contributed by atoms with E-state index in [1.807, 2.05) is 20.9 Å². The number of rotatable bonds is 6. The highest BCUT2D eigenvalue weighted by Crippen LogP contribution is 2.26. The molecule has 3 rings (SSSR count).